The quantitative estimate of drug-likeness (QED) is 0.256. The van der Waals surface area contributed by atoms with Crippen LogP contribution in [0.2, 0.25) is 5.02 Å². The maximum atomic E-state index is 14.1. The zero-order chi connectivity index (χ0) is 36.0. The Kier molecular flexibility index (Phi) is 10.5. The summed E-state index contributed by atoms with van der Waals surface area (Å²) in [4.78, 5) is 42.2. The Morgan fingerprint density at radius 1 is 1.12 bits per heavy atom. The fourth-order valence-corrected chi connectivity index (χ4v) is 10.5. The molecule has 0 aromatic heterocycles. The van der Waals surface area contributed by atoms with E-state index >= 15 is 0 Å². The first kappa shape index (κ1) is 36.5. The van der Waals surface area contributed by atoms with Gasteiger partial charge in [0, 0.05) is 34.3 Å². The second-order valence-corrected chi connectivity index (χ2v) is 17.8. The van der Waals surface area contributed by atoms with Crippen LogP contribution in [0.5, 0.6) is 5.75 Å². The molecule has 1 unspecified atom stereocenters. The number of aryl methyl sites for hydroxylation is 1. The van der Waals surface area contributed by atoms with E-state index in [9.17, 15) is 23.7 Å². The largest absolute Gasteiger partial charge is 0.490 e. The maximum Gasteiger partial charge on any atom is 0.320 e. The molecule has 272 valence electrons. The van der Waals surface area contributed by atoms with Gasteiger partial charge in [-0.3, -0.25) is 19.1 Å². The molecule has 2 aliphatic carbocycles. The second-order valence-electron chi connectivity index (χ2n) is 15.0. The molecule has 4 aliphatic rings. The number of benzene rings is 2. The summed E-state index contributed by atoms with van der Waals surface area (Å²) >= 11 is 6.43. The van der Waals surface area contributed by atoms with Crippen LogP contribution in [0.4, 0.5) is 5.69 Å². The number of hydrogen-bond acceptors (Lipinski definition) is 9. The lowest BCUT2D eigenvalue weighted by molar-refractivity contribution is -0.162. The van der Waals surface area contributed by atoms with Gasteiger partial charge in [-0.1, -0.05) is 24.6 Å². The van der Waals surface area contributed by atoms with E-state index in [1.54, 1.807) is 13.0 Å². The Morgan fingerprint density at radius 3 is 2.54 bits per heavy atom. The van der Waals surface area contributed by atoms with Crippen molar-refractivity contribution in [1.29, 1.82) is 0 Å². The van der Waals surface area contributed by atoms with Crippen molar-refractivity contribution in [2.45, 2.75) is 75.6 Å². The van der Waals surface area contributed by atoms with Gasteiger partial charge in [0.05, 0.1) is 42.3 Å². The van der Waals surface area contributed by atoms with E-state index in [4.69, 9.17) is 25.8 Å². The lowest BCUT2D eigenvalue weighted by Crippen LogP contribution is -2.50. The summed E-state index contributed by atoms with van der Waals surface area (Å²) in [6.07, 6.45) is 4.12. The Morgan fingerprint density at radius 2 is 1.86 bits per heavy atom. The van der Waals surface area contributed by atoms with Gasteiger partial charge in [0.15, 0.2) is 5.92 Å². The van der Waals surface area contributed by atoms with E-state index in [2.05, 4.69) is 27.6 Å². The predicted molar refractivity (Wildman–Crippen MR) is 194 cm³/mol. The molecule has 2 N–H and O–H groups in total. The van der Waals surface area contributed by atoms with Crippen LogP contribution in [0.1, 0.15) is 73.9 Å². The molecule has 8 atom stereocenters. The number of rotatable bonds is 3. The fraction of sp³-hybridized carbons (Fsp3) is 0.579. The molecule has 2 aromatic rings. The molecule has 1 saturated carbocycles. The Labute approximate surface area is 300 Å². The van der Waals surface area contributed by atoms with Crippen LogP contribution in [-0.4, -0.2) is 78.3 Å². The van der Waals surface area contributed by atoms with Gasteiger partial charge in [-0.25, -0.2) is 4.21 Å². The molecule has 1 amide bonds. The molecule has 12 heteroatoms. The van der Waals surface area contributed by atoms with Crippen molar-refractivity contribution in [3.63, 3.8) is 0 Å². The number of hydrogen-bond donors (Lipinski definition) is 2. The number of methoxy groups -OCH3 is 2. The lowest BCUT2D eigenvalue weighted by Gasteiger charge is -2.46. The first-order valence-corrected chi connectivity index (χ1v) is 19.8. The van der Waals surface area contributed by atoms with Crippen molar-refractivity contribution >= 4 is 50.7 Å². The number of carbonyl (C=O) groups excluding carboxylic acids is 3. The number of nitrogens with zero attached hydrogens (tertiary/aromatic N) is 1. The number of fused-ring (bicyclic) bond motifs is 4. The summed E-state index contributed by atoms with van der Waals surface area (Å²) in [5.41, 5.74) is 3.22. The van der Waals surface area contributed by atoms with E-state index in [1.165, 1.54) is 25.3 Å². The van der Waals surface area contributed by atoms with Gasteiger partial charge in [-0.2, -0.15) is 0 Å². The van der Waals surface area contributed by atoms with Gasteiger partial charge in [0.1, 0.15) is 5.75 Å². The number of nitrogens with one attached hydrogen (secondary N) is 1. The molecule has 2 bridgehead atoms. The van der Waals surface area contributed by atoms with Gasteiger partial charge < -0.3 is 24.2 Å². The Bertz CT molecular complexity index is 1730. The molecule has 2 aromatic carbocycles. The van der Waals surface area contributed by atoms with Crippen molar-refractivity contribution in [3.05, 3.63) is 58.1 Å². The molecule has 6 rings (SSSR count). The summed E-state index contributed by atoms with van der Waals surface area (Å²) in [5, 5.41) is 11.9. The number of aliphatic hydroxyl groups is 1. The molecule has 50 heavy (non-hydrogen) atoms. The summed E-state index contributed by atoms with van der Waals surface area (Å²) in [6, 6.07) is 11.4. The van der Waals surface area contributed by atoms with Crippen LogP contribution in [0.25, 0.3) is 0 Å². The highest BCUT2D eigenvalue weighted by Gasteiger charge is 2.46. The molecule has 10 nitrogen and oxygen atoms in total. The molecule has 2 heterocycles. The Hall–Kier alpha value is -3.28. The Balaban J connectivity index is 1.42. The van der Waals surface area contributed by atoms with Crippen LogP contribution in [-0.2, 0) is 40.6 Å². The van der Waals surface area contributed by atoms with E-state index in [-0.39, 0.29) is 36.0 Å². The van der Waals surface area contributed by atoms with Gasteiger partial charge in [0.25, 0.3) is 5.91 Å². The zero-order valence-corrected chi connectivity index (χ0v) is 30.9. The number of halogens is 1. The van der Waals surface area contributed by atoms with E-state index in [0.29, 0.717) is 36.0 Å². The number of ether oxygens (including phenoxy) is 3. The third-order valence-electron chi connectivity index (χ3n) is 12.0. The third-order valence-corrected chi connectivity index (χ3v) is 14.4. The molecule has 2 aliphatic heterocycles. The summed E-state index contributed by atoms with van der Waals surface area (Å²) in [6.45, 7) is 5.29. The molecule has 0 saturated heterocycles. The van der Waals surface area contributed by atoms with Crippen LogP contribution in [0.15, 0.2) is 36.4 Å². The third kappa shape index (κ3) is 6.97. The average Bonchev–Trinajstić information content (AvgIpc) is 3.22. The van der Waals surface area contributed by atoms with E-state index < -0.39 is 50.7 Å². The minimum absolute atomic E-state index is 0.0846. The number of carbonyl (C=O) groups is 3. The van der Waals surface area contributed by atoms with Gasteiger partial charge in [0.2, 0.25) is 0 Å². The smallest absolute Gasteiger partial charge is 0.320 e. The van der Waals surface area contributed by atoms with Crippen molar-refractivity contribution in [2.75, 3.05) is 38.8 Å². The van der Waals surface area contributed by atoms with Gasteiger partial charge in [-0.05, 0) is 123 Å². The lowest BCUT2D eigenvalue weighted by atomic mass is 9.66. The van der Waals surface area contributed by atoms with Crippen LogP contribution in [0.3, 0.4) is 0 Å². The topological polar surface area (TPSA) is 131 Å². The summed E-state index contributed by atoms with van der Waals surface area (Å²) in [7, 11) is -0.772. The molecule has 1 spiro atoms. The first-order chi connectivity index (χ1) is 23.8. The second kappa shape index (κ2) is 14.4. The predicted octanol–water partition coefficient (Wildman–Crippen LogP) is 4.96. The van der Waals surface area contributed by atoms with Crippen molar-refractivity contribution in [2.24, 2.45) is 29.6 Å². The van der Waals surface area contributed by atoms with Crippen LogP contribution in [0, 0.1) is 29.6 Å². The van der Waals surface area contributed by atoms with Crippen LogP contribution < -0.4 is 14.4 Å². The molecular weight excluding hydrogens is 680 g/mol. The monoisotopic (exact) mass is 728 g/mol. The minimum Gasteiger partial charge on any atom is -0.490 e. The fourth-order valence-electron chi connectivity index (χ4n) is 8.81. The minimum atomic E-state index is -3.21. The number of esters is 2. The number of anilines is 1. The zero-order valence-electron chi connectivity index (χ0n) is 29.3. The van der Waals surface area contributed by atoms with Crippen molar-refractivity contribution in [3.8, 4) is 5.75 Å². The standard InChI is InChI=1S/C38H49ClN2O8S/c1-22-15-27(34(36(44)47-3)37(45)48-4)18-32(42)29-11-8-26(29)19-41-20-38(14-6-7-24-16-28(39)10-12-30(24)38)21-49-33-13-9-25(17-31(33)41)35(43)40-50(5,46)23(22)2/h9-10,12-13,16-17,22-23,26-27,29,32,34,42H,5-8,11,14-15,18-21H2,1-4H3,(H,40,43,46)/t22-,23+,26-,27+,29+,32-,38-,50?/m0/s1. The highest BCUT2D eigenvalue weighted by Crippen LogP contribution is 2.47. The normalized spacial score (nSPS) is 32.8. The highest BCUT2D eigenvalue weighted by atomic mass is 35.5. The molecule has 1 fully saturated rings. The highest BCUT2D eigenvalue weighted by molar-refractivity contribution is 7.99. The van der Waals surface area contributed by atoms with Crippen molar-refractivity contribution < 1.29 is 37.9 Å². The van der Waals surface area contributed by atoms with Gasteiger partial charge >= 0.3 is 11.9 Å². The SMILES string of the molecule is C=S1(=O)NC(=O)c2ccc3c(c2)N(C[C@@H]2CC[C@H]2[C@@H](O)C[C@H](C(C(=O)OC)C(=O)OC)C[C@H](C)[C@H]1C)C[C@@]1(CCCc2cc(Cl)ccc21)CO3. The van der Waals surface area contributed by atoms with Crippen LogP contribution >= 0.6 is 11.6 Å². The summed E-state index contributed by atoms with van der Waals surface area (Å²) in [5.74, 6) is 0.343. The van der Waals surface area contributed by atoms with Crippen molar-refractivity contribution in [1.82, 2.24) is 4.72 Å². The van der Waals surface area contributed by atoms with E-state index in [1.807, 2.05) is 25.1 Å². The van der Waals surface area contributed by atoms with Gasteiger partial charge in [-0.15, -0.1) is 0 Å². The van der Waals surface area contributed by atoms with E-state index in [0.717, 1.165) is 37.8 Å². The molecule has 0 radical (unpaired) electrons. The first-order valence-electron chi connectivity index (χ1n) is 17.6. The maximum absolute atomic E-state index is 14.1. The average molecular weight is 729 g/mol. The number of amides is 1. The molecular formula is C38H49ClN2O8S. The summed E-state index contributed by atoms with van der Waals surface area (Å²) < 4.78 is 33.4. The number of aliphatic hydroxyl groups excluding tert-OH is 1.